The lowest BCUT2D eigenvalue weighted by molar-refractivity contribution is -0.137. The van der Waals surface area contributed by atoms with Crippen molar-refractivity contribution in [3.05, 3.63) is 52.6 Å². The number of rotatable bonds is 10. The highest BCUT2D eigenvalue weighted by molar-refractivity contribution is 6.32. The number of nitrogens with zero attached hydrogens (tertiary/aromatic N) is 1. The van der Waals surface area contributed by atoms with Crippen LogP contribution in [0.5, 0.6) is 23.0 Å². The molecule has 158 valence electrons. The molecule has 0 saturated carbocycles. The van der Waals surface area contributed by atoms with Crippen LogP contribution in [0.2, 0.25) is 5.02 Å². The smallest absolute Gasteiger partial charge is 0.348 e. The van der Waals surface area contributed by atoms with E-state index in [0.29, 0.717) is 28.6 Å². The van der Waals surface area contributed by atoms with Crippen LogP contribution in [0, 0.1) is 11.3 Å². The van der Waals surface area contributed by atoms with E-state index in [0.717, 1.165) is 0 Å². The van der Waals surface area contributed by atoms with Crippen molar-refractivity contribution < 1.29 is 28.5 Å². The van der Waals surface area contributed by atoms with E-state index in [1.807, 2.05) is 24.3 Å². The monoisotopic (exact) mass is 431 g/mol. The molecule has 0 heterocycles. The Labute approximate surface area is 180 Å². The SMILES string of the molecule is CCOC(=O)C(C#N)=Cc1cc(Cl)c(OCCOc2cccc(OC)c2)c(OC)c1. The molecule has 0 unspecified atom stereocenters. The van der Waals surface area contributed by atoms with Gasteiger partial charge in [0, 0.05) is 6.07 Å². The quantitative estimate of drug-likeness (QED) is 0.240. The van der Waals surface area contributed by atoms with E-state index >= 15 is 0 Å². The summed E-state index contributed by atoms with van der Waals surface area (Å²) in [6, 6.07) is 12.2. The minimum Gasteiger partial charge on any atom is -0.497 e. The van der Waals surface area contributed by atoms with Gasteiger partial charge in [0.05, 0.1) is 25.8 Å². The van der Waals surface area contributed by atoms with Gasteiger partial charge in [0.15, 0.2) is 11.5 Å². The van der Waals surface area contributed by atoms with Crippen molar-refractivity contribution in [2.75, 3.05) is 34.0 Å². The molecule has 0 aliphatic heterocycles. The molecule has 0 radical (unpaired) electrons. The molecule has 30 heavy (non-hydrogen) atoms. The minimum atomic E-state index is -0.704. The summed E-state index contributed by atoms with van der Waals surface area (Å²) in [6.45, 7) is 2.33. The Bertz CT molecular complexity index is 951. The molecule has 0 N–H and O–H groups in total. The molecule has 0 aliphatic carbocycles. The van der Waals surface area contributed by atoms with Crippen molar-refractivity contribution in [1.82, 2.24) is 0 Å². The minimum absolute atomic E-state index is 0.143. The molecule has 0 saturated heterocycles. The molecule has 0 aromatic heterocycles. The van der Waals surface area contributed by atoms with Gasteiger partial charge in [-0.25, -0.2) is 4.79 Å². The van der Waals surface area contributed by atoms with E-state index in [-0.39, 0.29) is 30.4 Å². The van der Waals surface area contributed by atoms with Gasteiger partial charge in [0.2, 0.25) is 0 Å². The summed E-state index contributed by atoms with van der Waals surface area (Å²) >= 11 is 6.33. The molecule has 0 aliphatic rings. The van der Waals surface area contributed by atoms with Crippen molar-refractivity contribution in [3.63, 3.8) is 0 Å². The number of carbonyl (C=O) groups excluding carboxylic acids is 1. The number of ether oxygens (including phenoxy) is 5. The van der Waals surface area contributed by atoms with Crippen molar-refractivity contribution in [1.29, 1.82) is 5.26 Å². The Morgan fingerprint density at radius 3 is 2.50 bits per heavy atom. The number of hydrogen-bond donors (Lipinski definition) is 0. The fourth-order valence-electron chi connectivity index (χ4n) is 2.47. The first-order chi connectivity index (χ1) is 14.5. The van der Waals surface area contributed by atoms with Crippen LogP contribution in [0.25, 0.3) is 6.08 Å². The summed E-state index contributed by atoms with van der Waals surface area (Å²) in [6.07, 6.45) is 1.38. The lowest BCUT2D eigenvalue weighted by Crippen LogP contribution is -2.10. The van der Waals surface area contributed by atoms with Crippen LogP contribution in [0.3, 0.4) is 0 Å². The Morgan fingerprint density at radius 2 is 1.83 bits per heavy atom. The van der Waals surface area contributed by atoms with Crippen molar-refractivity contribution >= 4 is 23.6 Å². The lowest BCUT2D eigenvalue weighted by Gasteiger charge is -2.14. The largest absolute Gasteiger partial charge is 0.497 e. The molecule has 0 spiro atoms. The molecular formula is C22H22ClNO6. The normalized spacial score (nSPS) is 10.7. The van der Waals surface area contributed by atoms with Gasteiger partial charge in [0.1, 0.15) is 36.4 Å². The van der Waals surface area contributed by atoms with Crippen LogP contribution in [-0.2, 0) is 9.53 Å². The zero-order valence-electron chi connectivity index (χ0n) is 16.9. The average Bonchev–Trinajstić information content (AvgIpc) is 2.75. The van der Waals surface area contributed by atoms with Gasteiger partial charge in [-0.3, -0.25) is 0 Å². The number of esters is 1. The van der Waals surface area contributed by atoms with Crippen molar-refractivity contribution in [2.24, 2.45) is 0 Å². The highest BCUT2D eigenvalue weighted by atomic mass is 35.5. The second kappa shape index (κ2) is 11.6. The van der Waals surface area contributed by atoms with Crippen molar-refractivity contribution in [2.45, 2.75) is 6.92 Å². The standard InChI is InChI=1S/C22H22ClNO6/c1-4-28-22(25)16(14-24)10-15-11-19(23)21(20(12-15)27-3)30-9-8-29-18-7-5-6-17(13-18)26-2/h5-7,10-13H,4,8-9H2,1-3H3. The molecular weight excluding hydrogens is 410 g/mol. The fraction of sp³-hybridized carbons (Fsp3) is 0.273. The molecule has 7 nitrogen and oxygen atoms in total. The van der Waals surface area contributed by atoms with Gasteiger partial charge in [-0.15, -0.1) is 0 Å². The summed E-state index contributed by atoms with van der Waals surface area (Å²) in [7, 11) is 3.05. The van der Waals surface area contributed by atoms with Crippen LogP contribution in [0.1, 0.15) is 12.5 Å². The van der Waals surface area contributed by atoms with E-state index < -0.39 is 5.97 Å². The molecule has 0 fully saturated rings. The van der Waals surface area contributed by atoms with Gasteiger partial charge in [-0.2, -0.15) is 5.26 Å². The molecule has 2 aromatic rings. The Hall–Kier alpha value is -3.37. The molecule has 0 amide bonds. The lowest BCUT2D eigenvalue weighted by atomic mass is 10.1. The summed E-state index contributed by atoms with van der Waals surface area (Å²) in [5, 5.41) is 9.44. The Kier molecular flexibility index (Phi) is 8.85. The predicted molar refractivity (Wildman–Crippen MR) is 112 cm³/mol. The molecule has 2 rings (SSSR count). The van der Waals surface area contributed by atoms with Crippen molar-refractivity contribution in [3.8, 4) is 29.1 Å². The third-order valence-corrected chi connectivity index (χ3v) is 4.10. The topological polar surface area (TPSA) is 87.0 Å². The maximum Gasteiger partial charge on any atom is 0.348 e. The maximum absolute atomic E-state index is 11.8. The molecule has 2 aromatic carbocycles. The number of halogens is 1. The van der Waals surface area contributed by atoms with Crippen LogP contribution in [-0.4, -0.2) is 40.0 Å². The third kappa shape index (κ3) is 6.33. The number of carbonyl (C=O) groups is 1. The molecule has 8 heteroatoms. The first kappa shape index (κ1) is 22.9. The Balaban J connectivity index is 2.08. The van der Waals surface area contributed by atoms with Gasteiger partial charge in [-0.1, -0.05) is 17.7 Å². The van der Waals surface area contributed by atoms with Crippen LogP contribution < -0.4 is 18.9 Å². The second-order valence-electron chi connectivity index (χ2n) is 5.80. The van der Waals surface area contributed by atoms with E-state index in [1.165, 1.54) is 13.2 Å². The van der Waals surface area contributed by atoms with Gasteiger partial charge >= 0.3 is 5.97 Å². The van der Waals surface area contributed by atoms with Gasteiger partial charge in [-0.05, 0) is 42.8 Å². The van der Waals surface area contributed by atoms with Crippen LogP contribution in [0.15, 0.2) is 42.0 Å². The summed E-state index contributed by atoms with van der Waals surface area (Å²) in [5.74, 6) is 1.34. The fourth-order valence-corrected chi connectivity index (χ4v) is 2.74. The molecule has 0 atom stereocenters. The summed E-state index contributed by atoms with van der Waals surface area (Å²) < 4.78 is 26.7. The van der Waals surface area contributed by atoms with Gasteiger partial charge in [0.25, 0.3) is 0 Å². The van der Waals surface area contributed by atoms with E-state index in [4.69, 9.17) is 35.3 Å². The predicted octanol–water partition coefficient (Wildman–Crippen LogP) is 4.29. The van der Waals surface area contributed by atoms with E-state index in [2.05, 4.69) is 0 Å². The Morgan fingerprint density at radius 1 is 1.10 bits per heavy atom. The molecule has 0 bridgehead atoms. The van der Waals surface area contributed by atoms with Gasteiger partial charge < -0.3 is 23.7 Å². The average molecular weight is 432 g/mol. The first-order valence-corrected chi connectivity index (χ1v) is 9.46. The zero-order valence-corrected chi connectivity index (χ0v) is 17.7. The summed E-state index contributed by atoms with van der Waals surface area (Å²) in [5.41, 5.74) is 0.358. The van der Waals surface area contributed by atoms with Crippen LogP contribution in [0.4, 0.5) is 0 Å². The van der Waals surface area contributed by atoms with Crippen LogP contribution >= 0.6 is 11.6 Å². The summed E-state index contributed by atoms with van der Waals surface area (Å²) in [4.78, 5) is 11.8. The maximum atomic E-state index is 11.8. The number of methoxy groups -OCH3 is 2. The third-order valence-electron chi connectivity index (χ3n) is 3.82. The number of nitriles is 1. The number of hydrogen-bond acceptors (Lipinski definition) is 7. The van der Waals surface area contributed by atoms with E-state index in [1.54, 1.807) is 32.2 Å². The highest BCUT2D eigenvalue weighted by Crippen LogP contribution is 2.37. The second-order valence-corrected chi connectivity index (χ2v) is 6.21. The highest BCUT2D eigenvalue weighted by Gasteiger charge is 2.14. The number of benzene rings is 2. The first-order valence-electron chi connectivity index (χ1n) is 9.08. The zero-order chi connectivity index (χ0) is 21.9. The van der Waals surface area contributed by atoms with E-state index in [9.17, 15) is 10.1 Å².